The number of nitrogens with zero attached hydrogens (tertiary/aromatic N) is 2. The first-order chi connectivity index (χ1) is 8.08. The van der Waals surface area contributed by atoms with Gasteiger partial charge in [0.25, 0.3) is 5.91 Å². The Labute approximate surface area is 110 Å². The van der Waals surface area contributed by atoms with Crippen LogP contribution in [0.1, 0.15) is 15.9 Å². The summed E-state index contributed by atoms with van der Waals surface area (Å²) < 4.78 is 0.767. The standard InChI is InChI=1S/C10H9BrN4OS/c1-5-7(2-6(11)3-8(5)12)9(16)14-10-15-13-4-17-10/h2-4H,12H2,1H3,(H,14,15,16). The Kier molecular flexibility index (Phi) is 3.39. The molecule has 0 fully saturated rings. The molecule has 0 atom stereocenters. The van der Waals surface area contributed by atoms with E-state index in [-0.39, 0.29) is 5.91 Å². The summed E-state index contributed by atoms with van der Waals surface area (Å²) in [5, 5.41) is 10.5. The number of amides is 1. The third kappa shape index (κ3) is 2.62. The Morgan fingerprint density at radius 1 is 1.53 bits per heavy atom. The maximum absolute atomic E-state index is 12.0. The van der Waals surface area contributed by atoms with E-state index in [0.717, 1.165) is 10.0 Å². The second kappa shape index (κ2) is 4.80. The zero-order chi connectivity index (χ0) is 12.4. The lowest BCUT2D eigenvalue weighted by atomic mass is 10.1. The van der Waals surface area contributed by atoms with Crippen molar-refractivity contribution in [2.24, 2.45) is 0 Å². The maximum Gasteiger partial charge on any atom is 0.257 e. The van der Waals surface area contributed by atoms with Crippen LogP contribution in [-0.4, -0.2) is 16.1 Å². The molecule has 0 unspecified atom stereocenters. The molecule has 0 saturated carbocycles. The minimum Gasteiger partial charge on any atom is -0.398 e. The molecule has 1 aromatic carbocycles. The van der Waals surface area contributed by atoms with Crippen molar-refractivity contribution in [3.63, 3.8) is 0 Å². The predicted octanol–water partition coefficient (Wildman–Crippen LogP) is 2.44. The van der Waals surface area contributed by atoms with Crippen molar-refractivity contribution in [1.29, 1.82) is 0 Å². The third-order valence-electron chi connectivity index (χ3n) is 2.24. The van der Waals surface area contributed by atoms with Crippen molar-refractivity contribution < 1.29 is 4.79 Å². The average Bonchev–Trinajstić information content (AvgIpc) is 2.76. The molecule has 0 radical (unpaired) electrons. The second-order valence-electron chi connectivity index (χ2n) is 3.37. The summed E-state index contributed by atoms with van der Waals surface area (Å²) in [7, 11) is 0. The third-order valence-corrected chi connectivity index (χ3v) is 3.30. The molecule has 0 spiro atoms. The molecule has 2 aromatic rings. The molecule has 1 heterocycles. The molecular weight excluding hydrogens is 304 g/mol. The molecule has 2 rings (SSSR count). The van der Waals surface area contributed by atoms with Gasteiger partial charge in [0.2, 0.25) is 5.13 Å². The van der Waals surface area contributed by atoms with Gasteiger partial charge in [-0.15, -0.1) is 10.2 Å². The summed E-state index contributed by atoms with van der Waals surface area (Å²) in [6.07, 6.45) is 0. The van der Waals surface area contributed by atoms with Crippen molar-refractivity contribution in [2.45, 2.75) is 6.92 Å². The lowest BCUT2D eigenvalue weighted by Crippen LogP contribution is -2.14. The summed E-state index contributed by atoms with van der Waals surface area (Å²) in [6.45, 7) is 1.80. The number of halogens is 1. The number of aromatic nitrogens is 2. The molecular formula is C10H9BrN4OS. The summed E-state index contributed by atoms with van der Waals surface area (Å²) in [4.78, 5) is 12.0. The number of rotatable bonds is 2. The van der Waals surface area contributed by atoms with E-state index in [1.807, 2.05) is 0 Å². The zero-order valence-corrected chi connectivity index (χ0v) is 11.3. The Balaban J connectivity index is 2.31. The molecule has 7 heteroatoms. The fraction of sp³-hybridized carbons (Fsp3) is 0.100. The molecule has 5 nitrogen and oxygen atoms in total. The van der Waals surface area contributed by atoms with Gasteiger partial charge in [-0.3, -0.25) is 10.1 Å². The van der Waals surface area contributed by atoms with Gasteiger partial charge in [-0.05, 0) is 24.6 Å². The average molecular weight is 313 g/mol. The minimum absolute atomic E-state index is 0.243. The van der Waals surface area contributed by atoms with Crippen LogP contribution in [0, 0.1) is 6.92 Å². The van der Waals surface area contributed by atoms with E-state index in [0.29, 0.717) is 16.4 Å². The highest BCUT2D eigenvalue weighted by Crippen LogP contribution is 2.23. The number of carbonyl (C=O) groups excluding carboxylic acids is 1. The number of nitrogens with two attached hydrogens (primary N) is 1. The highest BCUT2D eigenvalue weighted by Gasteiger charge is 2.13. The first-order valence-electron chi connectivity index (χ1n) is 4.71. The summed E-state index contributed by atoms with van der Waals surface area (Å²) >= 11 is 4.57. The SMILES string of the molecule is Cc1c(N)cc(Br)cc1C(=O)Nc1nncs1. The first kappa shape index (κ1) is 12.0. The largest absolute Gasteiger partial charge is 0.398 e. The second-order valence-corrected chi connectivity index (χ2v) is 5.11. The van der Waals surface area contributed by atoms with Crippen LogP contribution in [0.2, 0.25) is 0 Å². The summed E-state index contributed by atoms with van der Waals surface area (Å²) in [5.74, 6) is -0.243. The molecule has 0 saturated heterocycles. The molecule has 0 bridgehead atoms. The van der Waals surface area contributed by atoms with Crippen LogP contribution in [0.3, 0.4) is 0 Å². The summed E-state index contributed by atoms with van der Waals surface area (Å²) in [5.41, 5.74) is 9.19. The van der Waals surface area contributed by atoms with Gasteiger partial charge in [-0.25, -0.2) is 0 Å². The topological polar surface area (TPSA) is 80.9 Å². The van der Waals surface area contributed by atoms with Crippen LogP contribution < -0.4 is 11.1 Å². The maximum atomic E-state index is 12.0. The number of hydrogen-bond acceptors (Lipinski definition) is 5. The van der Waals surface area contributed by atoms with Crippen molar-refractivity contribution in [3.8, 4) is 0 Å². The van der Waals surface area contributed by atoms with E-state index in [2.05, 4.69) is 31.4 Å². The number of anilines is 2. The van der Waals surface area contributed by atoms with Crippen molar-refractivity contribution in [1.82, 2.24) is 10.2 Å². The smallest absolute Gasteiger partial charge is 0.257 e. The summed E-state index contributed by atoms with van der Waals surface area (Å²) in [6, 6.07) is 3.49. The highest BCUT2D eigenvalue weighted by molar-refractivity contribution is 9.10. The lowest BCUT2D eigenvalue weighted by Gasteiger charge is -2.08. The lowest BCUT2D eigenvalue weighted by molar-refractivity contribution is 0.102. The Bertz CT molecular complexity index is 556. The Morgan fingerprint density at radius 3 is 2.94 bits per heavy atom. The van der Waals surface area contributed by atoms with Gasteiger partial charge >= 0.3 is 0 Å². The first-order valence-corrected chi connectivity index (χ1v) is 6.38. The van der Waals surface area contributed by atoms with Gasteiger partial charge in [0, 0.05) is 15.7 Å². The van der Waals surface area contributed by atoms with E-state index < -0.39 is 0 Å². The number of carbonyl (C=O) groups is 1. The predicted molar refractivity (Wildman–Crippen MR) is 71.2 cm³/mol. The fourth-order valence-electron chi connectivity index (χ4n) is 1.33. The molecule has 88 valence electrons. The monoisotopic (exact) mass is 312 g/mol. The van der Waals surface area contributed by atoms with Crippen LogP contribution >= 0.6 is 27.3 Å². The van der Waals surface area contributed by atoms with Gasteiger partial charge in [-0.1, -0.05) is 27.3 Å². The minimum atomic E-state index is -0.243. The fourth-order valence-corrected chi connectivity index (χ4v) is 2.24. The van der Waals surface area contributed by atoms with E-state index in [1.54, 1.807) is 24.6 Å². The van der Waals surface area contributed by atoms with E-state index in [9.17, 15) is 4.79 Å². The van der Waals surface area contributed by atoms with Gasteiger partial charge in [-0.2, -0.15) is 0 Å². The van der Waals surface area contributed by atoms with Crippen LogP contribution in [0.15, 0.2) is 22.1 Å². The van der Waals surface area contributed by atoms with Gasteiger partial charge in [0.15, 0.2) is 0 Å². The molecule has 17 heavy (non-hydrogen) atoms. The van der Waals surface area contributed by atoms with Gasteiger partial charge < -0.3 is 5.73 Å². The van der Waals surface area contributed by atoms with Crippen LogP contribution in [0.5, 0.6) is 0 Å². The van der Waals surface area contributed by atoms with E-state index in [4.69, 9.17) is 5.73 Å². The molecule has 0 aliphatic heterocycles. The van der Waals surface area contributed by atoms with Gasteiger partial charge in [0.05, 0.1) is 0 Å². The van der Waals surface area contributed by atoms with Crippen molar-refractivity contribution >= 4 is 44.0 Å². The number of hydrogen-bond donors (Lipinski definition) is 2. The number of benzene rings is 1. The number of nitrogen functional groups attached to an aromatic ring is 1. The van der Waals surface area contributed by atoms with Crippen LogP contribution in [0.4, 0.5) is 10.8 Å². The Hall–Kier alpha value is -1.47. The van der Waals surface area contributed by atoms with Crippen LogP contribution in [-0.2, 0) is 0 Å². The molecule has 1 amide bonds. The molecule has 3 N–H and O–H groups in total. The van der Waals surface area contributed by atoms with E-state index >= 15 is 0 Å². The molecule has 1 aromatic heterocycles. The van der Waals surface area contributed by atoms with Crippen molar-refractivity contribution in [2.75, 3.05) is 11.1 Å². The number of nitrogens with one attached hydrogen (secondary N) is 1. The quantitative estimate of drug-likeness (QED) is 0.835. The molecule has 0 aliphatic carbocycles. The zero-order valence-electron chi connectivity index (χ0n) is 8.90. The van der Waals surface area contributed by atoms with E-state index in [1.165, 1.54) is 11.3 Å². The van der Waals surface area contributed by atoms with Gasteiger partial charge in [0.1, 0.15) is 5.51 Å². The highest BCUT2D eigenvalue weighted by atomic mass is 79.9. The van der Waals surface area contributed by atoms with Crippen molar-refractivity contribution in [3.05, 3.63) is 33.2 Å². The Morgan fingerprint density at radius 2 is 2.29 bits per heavy atom. The normalized spacial score (nSPS) is 10.2. The molecule has 0 aliphatic rings. The van der Waals surface area contributed by atoms with Crippen LogP contribution in [0.25, 0.3) is 0 Å².